The molecule has 2 aliphatic heterocycles. The van der Waals surface area contributed by atoms with E-state index in [9.17, 15) is 30.0 Å². The van der Waals surface area contributed by atoms with E-state index in [2.05, 4.69) is 93.6 Å². The first kappa shape index (κ1) is 55.1. The van der Waals surface area contributed by atoms with Gasteiger partial charge in [-0.2, -0.15) is 0 Å². The van der Waals surface area contributed by atoms with Gasteiger partial charge in [0.1, 0.15) is 40.7 Å². The number of phenolic OH excluding ortho intramolecular Hbond substituents is 3. The van der Waals surface area contributed by atoms with Gasteiger partial charge in [0.2, 0.25) is 5.75 Å². The van der Waals surface area contributed by atoms with Gasteiger partial charge >= 0.3 is 5.97 Å². The number of hydrogen-bond donors (Lipinski definition) is 6. The molecule has 6 bridgehead atoms. The minimum Gasteiger partial charge on any atom is -0.508 e. The van der Waals surface area contributed by atoms with Crippen LogP contribution in [0.15, 0.2) is 139 Å². The third kappa shape index (κ3) is 10.4. The van der Waals surface area contributed by atoms with Crippen LogP contribution in [0.5, 0.6) is 34.5 Å². The number of rotatable bonds is 9. The molecule has 2 aromatic heterocycles. The Morgan fingerprint density at radius 2 is 1.71 bits per heavy atom. The van der Waals surface area contributed by atoms with Gasteiger partial charge < -0.3 is 54.4 Å². The number of esters is 1. The number of ether oxygens (including phenoxy) is 3. The maximum atomic E-state index is 15.5. The van der Waals surface area contributed by atoms with E-state index in [1.807, 2.05) is 24.3 Å². The number of methoxy groups -OCH3 is 1. The summed E-state index contributed by atoms with van der Waals surface area (Å²) in [6, 6.07) is 20.4. The summed E-state index contributed by atoms with van der Waals surface area (Å²) >= 11 is 0. The quantitative estimate of drug-likeness (QED) is 0.0593. The normalized spacial score (nSPS) is 24.6. The number of aromatic amines is 1. The minimum absolute atomic E-state index is 0.0118. The minimum atomic E-state index is -0.782. The van der Waals surface area contributed by atoms with E-state index >= 15 is 4.79 Å². The maximum Gasteiger partial charge on any atom is 0.302 e. The van der Waals surface area contributed by atoms with Crippen LogP contribution in [0.4, 0.5) is 5.69 Å². The summed E-state index contributed by atoms with van der Waals surface area (Å²) in [6.07, 6.45) is 21.8. The van der Waals surface area contributed by atoms with Crippen molar-refractivity contribution in [1.82, 2.24) is 14.9 Å². The van der Waals surface area contributed by atoms with Gasteiger partial charge in [0.05, 0.1) is 30.9 Å². The number of hydrogen-bond acceptors (Lipinski definition) is 12. The Morgan fingerprint density at radius 1 is 0.904 bits per heavy atom. The first-order valence-electron chi connectivity index (χ1n) is 29.3. The fraction of sp³-hybridized carbons (Fsp3) is 0.377. The summed E-state index contributed by atoms with van der Waals surface area (Å²) in [6.45, 7) is 5.97. The number of dihydropyridines is 1. The number of aliphatic hydroxyl groups excluding tert-OH is 1. The van der Waals surface area contributed by atoms with Gasteiger partial charge in [-0.1, -0.05) is 85.7 Å². The number of carbonyl (C=O) groups excluding carboxylic acids is 3. The predicted molar refractivity (Wildman–Crippen MR) is 318 cm³/mol. The SMILES string of the molecule is COc1cc([C@H]2CC(=O)C[C@H](OC(C)=O)CC[C@]34Cc5c[nH]cc5[C@H](C#CCC3=CC=C[C@H]4C)[C@H](c3cccc(O)c3)C3=CCNC(=C3)N(CCC(C)=O)c3ccc4c5c(n2cc35)CC2(CCCC2)[C@H]4O)cc(O)c1Oc1cccc(O)c1. The number of nitrogens with zero attached hydrogens (tertiary/aromatic N) is 2. The van der Waals surface area contributed by atoms with Gasteiger partial charge in [0.25, 0.3) is 0 Å². The molecule has 4 heterocycles. The van der Waals surface area contributed by atoms with Crippen LogP contribution < -0.4 is 19.7 Å². The molecule has 0 unspecified atom stereocenters. The molecule has 6 N–H and O–H groups in total. The highest BCUT2D eigenvalue weighted by Gasteiger charge is 2.48. The van der Waals surface area contributed by atoms with E-state index in [0.717, 1.165) is 81.5 Å². The van der Waals surface area contributed by atoms with E-state index in [4.69, 9.17) is 14.2 Å². The Labute approximate surface area is 484 Å². The first-order chi connectivity index (χ1) is 40.1. The largest absolute Gasteiger partial charge is 0.508 e. The number of allylic oxidation sites excluding steroid dienone is 6. The second-order valence-corrected chi connectivity index (χ2v) is 23.9. The lowest BCUT2D eigenvalue weighted by Crippen LogP contribution is -2.36. The fourth-order valence-electron chi connectivity index (χ4n) is 14.8. The molecule has 4 aliphatic carbocycles. The number of benzene rings is 4. The first-order valence-corrected chi connectivity index (χ1v) is 29.3. The van der Waals surface area contributed by atoms with Crippen molar-refractivity contribution in [2.45, 2.75) is 128 Å². The molecule has 2 spiro atoms. The van der Waals surface area contributed by atoms with Crippen LogP contribution in [0, 0.1) is 28.6 Å². The molecule has 0 radical (unpaired) electrons. The Balaban J connectivity index is 1.10. The molecule has 14 heteroatoms. The van der Waals surface area contributed by atoms with Gasteiger partial charge in [-0.15, -0.1) is 0 Å². The van der Waals surface area contributed by atoms with E-state index in [1.54, 1.807) is 37.3 Å². The van der Waals surface area contributed by atoms with Crippen molar-refractivity contribution in [3.05, 3.63) is 172 Å². The number of nitrogens with one attached hydrogen (secondary N) is 2. The summed E-state index contributed by atoms with van der Waals surface area (Å²) in [7, 11) is 1.48. The predicted octanol–water partition coefficient (Wildman–Crippen LogP) is 12.5. The third-order valence-electron chi connectivity index (χ3n) is 18.8. The van der Waals surface area contributed by atoms with Crippen molar-refractivity contribution < 1.29 is 49.0 Å². The number of aliphatic hydroxyl groups is 1. The number of carbonyl (C=O) groups is 3. The van der Waals surface area contributed by atoms with E-state index < -0.39 is 35.0 Å². The van der Waals surface area contributed by atoms with Crippen LogP contribution in [0.2, 0.25) is 0 Å². The molecule has 1 fully saturated rings. The standard InChI is InChI=1S/C69H72N4O10/c1-41-11-7-13-48-14-9-18-54-56-39-70-38-47(56)36-69(41,48)26-21-53(82-43(3)75)34-51(78)35-59(46-30-61(79)66(62(31-46)81-4)83-52-17-10-16-50(77)33-52)73-40-57-58(20-19-55-65(57)60(73)37-68(67(55)80)24-5-6-25-68)72(28-23-42(2)74)63-32-45(22-27-71-63)64(54)44-12-8-15-49(76)29-44/h7-8,10-13,15-17,19-20,22,29-33,38-41,53-54,59,64,67,70-71,76-77,79-80H,5-6,14,21,23-28,34-37H2,1-4H3/t41-,53-,54+,59-,64-,67+,69-/m1/s1. The van der Waals surface area contributed by atoms with Crippen LogP contribution in [-0.4, -0.2) is 73.8 Å². The summed E-state index contributed by atoms with van der Waals surface area (Å²) in [5.74, 6) is 7.26. The highest BCUT2D eigenvalue weighted by Crippen LogP contribution is 2.58. The van der Waals surface area contributed by atoms with Gasteiger partial charge in [0, 0.05) is 104 Å². The molecule has 0 saturated heterocycles. The van der Waals surface area contributed by atoms with Crippen molar-refractivity contribution in [2.75, 3.05) is 25.1 Å². The number of ketones is 2. The molecule has 6 aliphatic rings. The second kappa shape index (κ2) is 22.4. The molecule has 1 saturated carbocycles. The fourth-order valence-corrected chi connectivity index (χ4v) is 14.8. The van der Waals surface area contributed by atoms with Gasteiger partial charge in [-0.3, -0.25) is 14.4 Å². The Bertz CT molecular complexity index is 3750. The number of aromatic nitrogens is 2. The smallest absolute Gasteiger partial charge is 0.302 e. The van der Waals surface area contributed by atoms with Crippen molar-refractivity contribution >= 4 is 34.0 Å². The lowest BCUT2D eigenvalue weighted by atomic mass is 9.61. The Kier molecular flexibility index (Phi) is 14.9. The van der Waals surface area contributed by atoms with Gasteiger partial charge in [-0.25, -0.2) is 0 Å². The Morgan fingerprint density at radius 3 is 2.48 bits per heavy atom. The number of H-pyrrole nitrogens is 1. The molecule has 7 atom stereocenters. The van der Waals surface area contributed by atoms with Crippen molar-refractivity contribution in [3.63, 3.8) is 0 Å². The van der Waals surface area contributed by atoms with Gasteiger partial charge in [-0.05, 0) is 133 Å². The molecule has 14 nitrogen and oxygen atoms in total. The monoisotopic (exact) mass is 1120 g/mol. The van der Waals surface area contributed by atoms with Gasteiger partial charge in [0.15, 0.2) is 11.5 Å². The number of aromatic hydroxyl groups is 3. The second-order valence-electron chi connectivity index (χ2n) is 23.9. The lowest BCUT2D eigenvalue weighted by molar-refractivity contribution is -0.148. The maximum absolute atomic E-state index is 15.5. The lowest BCUT2D eigenvalue weighted by Gasteiger charge is -2.43. The van der Waals surface area contributed by atoms with E-state index in [1.165, 1.54) is 31.7 Å². The van der Waals surface area contributed by atoms with Crippen LogP contribution in [-0.2, 0) is 32.0 Å². The van der Waals surface area contributed by atoms with E-state index in [-0.39, 0.29) is 83.1 Å². The molecule has 4 aromatic carbocycles. The van der Waals surface area contributed by atoms with Crippen LogP contribution in [0.3, 0.4) is 0 Å². The highest BCUT2D eigenvalue weighted by molar-refractivity contribution is 6.00. The number of anilines is 1. The summed E-state index contributed by atoms with van der Waals surface area (Å²) in [5.41, 5.74) is 7.29. The number of fused-ring (bicyclic) bond motifs is 3. The van der Waals surface area contributed by atoms with Crippen LogP contribution in [0.1, 0.15) is 142 Å². The average Bonchev–Trinajstić information content (AvgIpc) is 2.10. The van der Waals surface area contributed by atoms with Crippen LogP contribution in [0.25, 0.3) is 10.8 Å². The molecular formula is C69H72N4O10. The Hall–Kier alpha value is -8.41. The molecule has 12 rings (SSSR count). The van der Waals surface area contributed by atoms with E-state index in [0.29, 0.717) is 50.8 Å². The molecule has 6 aromatic rings. The van der Waals surface area contributed by atoms with Crippen LogP contribution >= 0.6 is 0 Å². The molecule has 83 heavy (non-hydrogen) atoms. The molecule has 0 amide bonds. The zero-order valence-corrected chi connectivity index (χ0v) is 47.5. The van der Waals surface area contributed by atoms with Crippen molar-refractivity contribution in [2.24, 2.45) is 16.7 Å². The topological polar surface area (TPSA) is 196 Å². The summed E-state index contributed by atoms with van der Waals surface area (Å²) < 4.78 is 20.6. The molecular weight excluding hydrogens is 1040 g/mol. The molecule has 428 valence electrons. The van der Waals surface area contributed by atoms with Crippen molar-refractivity contribution in [3.8, 4) is 46.3 Å². The number of Topliss-reactive ketones (excluding diaryl/α,β-unsaturated/α-hetero) is 2. The zero-order valence-electron chi connectivity index (χ0n) is 47.5. The summed E-state index contributed by atoms with van der Waals surface area (Å²) in [5, 5.41) is 51.7. The zero-order chi connectivity index (χ0) is 57.7. The number of phenols is 3. The average molecular weight is 1120 g/mol. The van der Waals surface area contributed by atoms with Crippen molar-refractivity contribution in [1.29, 1.82) is 0 Å². The third-order valence-corrected chi connectivity index (χ3v) is 18.8. The highest BCUT2D eigenvalue weighted by atomic mass is 16.5. The summed E-state index contributed by atoms with van der Waals surface area (Å²) in [4.78, 5) is 47.6.